The minimum Gasteiger partial charge on any atom is -0.453 e. The van der Waals surface area contributed by atoms with E-state index in [4.69, 9.17) is 10.5 Å². The first-order valence-electron chi connectivity index (χ1n) is 6.85. The van der Waals surface area contributed by atoms with Crippen molar-refractivity contribution in [1.29, 1.82) is 0 Å². The molecule has 0 fully saturated rings. The Morgan fingerprint density at radius 2 is 1.91 bits per heavy atom. The third-order valence-electron chi connectivity index (χ3n) is 3.18. The molecular formula is C18H14FN2O. The Hall–Kier alpha value is -2.88. The number of aromatic nitrogens is 1. The number of rotatable bonds is 4. The lowest BCUT2D eigenvalue weighted by Gasteiger charge is -2.09. The van der Waals surface area contributed by atoms with E-state index in [1.54, 1.807) is 24.3 Å². The molecule has 3 nitrogen and oxygen atoms in total. The van der Waals surface area contributed by atoms with Crippen LogP contribution in [0, 0.1) is 11.9 Å². The van der Waals surface area contributed by atoms with Crippen LogP contribution in [0.1, 0.15) is 11.1 Å². The van der Waals surface area contributed by atoms with Gasteiger partial charge in [0.1, 0.15) is 11.6 Å². The highest BCUT2D eigenvalue weighted by Crippen LogP contribution is 2.27. The van der Waals surface area contributed by atoms with Crippen molar-refractivity contribution in [3.8, 4) is 11.5 Å². The van der Waals surface area contributed by atoms with Gasteiger partial charge >= 0.3 is 0 Å². The quantitative estimate of drug-likeness (QED) is 0.791. The highest BCUT2D eigenvalue weighted by molar-refractivity contribution is 5.38. The molecule has 0 aliphatic heterocycles. The number of pyridine rings is 1. The highest BCUT2D eigenvalue weighted by Gasteiger charge is 2.11. The van der Waals surface area contributed by atoms with E-state index in [2.05, 4.69) is 11.1 Å². The summed E-state index contributed by atoms with van der Waals surface area (Å²) < 4.78 is 20.1. The van der Waals surface area contributed by atoms with E-state index in [0.29, 0.717) is 23.6 Å². The minimum absolute atomic E-state index is 0.149. The Balaban J connectivity index is 1.84. The highest BCUT2D eigenvalue weighted by atomic mass is 19.1. The van der Waals surface area contributed by atoms with Gasteiger partial charge in [-0.2, -0.15) is 0 Å². The molecule has 0 aliphatic rings. The second-order valence-electron chi connectivity index (χ2n) is 4.82. The first kappa shape index (κ1) is 14.1. The molecule has 3 aromatic rings. The van der Waals surface area contributed by atoms with Gasteiger partial charge < -0.3 is 10.5 Å². The molecule has 1 heterocycles. The van der Waals surface area contributed by atoms with Crippen LogP contribution in [0.25, 0.3) is 0 Å². The van der Waals surface area contributed by atoms with Crippen molar-refractivity contribution in [3.63, 3.8) is 0 Å². The lowest BCUT2D eigenvalue weighted by Crippen LogP contribution is -1.97. The first-order valence-corrected chi connectivity index (χ1v) is 6.85. The number of nitrogens with zero attached hydrogens (tertiary/aromatic N) is 1. The second kappa shape index (κ2) is 6.26. The summed E-state index contributed by atoms with van der Waals surface area (Å²) in [6.07, 6.45) is 1.92. The summed E-state index contributed by atoms with van der Waals surface area (Å²) in [5.74, 6) is 0.559. The molecule has 3 rings (SSSR count). The number of halogens is 1. The Morgan fingerprint density at radius 1 is 1.09 bits per heavy atom. The minimum atomic E-state index is -0.414. The molecule has 0 saturated carbocycles. The molecule has 1 aromatic heterocycles. The van der Waals surface area contributed by atoms with Crippen molar-refractivity contribution in [2.75, 3.05) is 5.73 Å². The van der Waals surface area contributed by atoms with Crippen LogP contribution in [0.2, 0.25) is 0 Å². The fraction of sp³-hybridized carbons (Fsp3) is 0.0556. The number of hydrogen-bond acceptors (Lipinski definition) is 3. The molecule has 0 amide bonds. The zero-order valence-electron chi connectivity index (χ0n) is 11.8. The molecular weight excluding hydrogens is 279 g/mol. The molecule has 0 unspecified atom stereocenters. The molecule has 109 valence electrons. The predicted molar refractivity (Wildman–Crippen MR) is 83.2 cm³/mol. The molecule has 0 spiro atoms. The van der Waals surface area contributed by atoms with Gasteiger partial charge in [-0.25, -0.2) is 9.37 Å². The van der Waals surface area contributed by atoms with Gasteiger partial charge in [0.2, 0.25) is 0 Å². The van der Waals surface area contributed by atoms with Gasteiger partial charge in [0.25, 0.3) is 0 Å². The van der Waals surface area contributed by atoms with Crippen molar-refractivity contribution >= 4 is 5.82 Å². The maximum absolute atomic E-state index is 14.5. The average Bonchev–Trinajstić information content (AvgIpc) is 2.54. The van der Waals surface area contributed by atoms with E-state index in [0.717, 1.165) is 5.56 Å². The van der Waals surface area contributed by atoms with Crippen molar-refractivity contribution < 1.29 is 9.13 Å². The lowest BCUT2D eigenvalue weighted by molar-refractivity contribution is 0.437. The molecule has 0 saturated heterocycles. The van der Waals surface area contributed by atoms with Gasteiger partial charge in [-0.05, 0) is 29.8 Å². The molecule has 0 bridgehead atoms. The van der Waals surface area contributed by atoms with Gasteiger partial charge in [0.05, 0.1) is 6.20 Å². The van der Waals surface area contributed by atoms with Crippen LogP contribution < -0.4 is 10.5 Å². The number of nitrogens with two attached hydrogens (primary N) is 1. The van der Waals surface area contributed by atoms with Crippen LogP contribution in [-0.4, -0.2) is 4.98 Å². The van der Waals surface area contributed by atoms with Crippen LogP contribution in [0.5, 0.6) is 11.5 Å². The van der Waals surface area contributed by atoms with Gasteiger partial charge in [-0.15, -0.1) is 0 Å². The molecule has 2 N–H and O–H groups in total. The Morgan fingerprint density at radius 3 is 2.64 bits per heavy atom. The van der Waals surface area contributed by atoms with Gasteiger partial charge in [-0.1, -0.05) is 36.4 Å². The average molecular weight is 293 g/mol. The van der Waals surface area contributed by atoms with E-state index >= 15 is 0 Å². The van der Waals surface area contributed by atoms with E-state index in [1.807, 2.05) is 30.3 Å². The topological polar surface area (TPSA) is 48.1 Å². The first-order chi connectivity index (χ1) is 10.7. The summed E-state index contributed by atoms with van der Waals surface area (Å²) in [6, 6.07) is 19.1. The van der Waals surface area contributed by atoms with Gasteiger partial charge in [0, 0.05) is 12.0 Å². The third kappa shape index (κ3) is 3.23. The number of ether oxygens (including phenoxy) is 1. The molecule has 0 aliphatic carbocycles. The molecule has 4 heteroatoms. The maximum atomic E-state index is 14.5. The molecule has 1 radical (unpaired) electrons. The van der Waals surface area contributed by atoms with Crippen molar-refractivity contribution in [3.05, 3.63) is 83.8 Å². The maximum Gasteiger partial charge on any atom is 0.169 e. The number of nitrogen functional groups attached to an aromatic ring is 1. The molecule has 0 atom stereocenters. The fourth-order valence-electron chi connectivity index (χ4n) is 2.09. The van der Waals surface area contributed by atoms with Crippen LogP contribution in [0.15, 0.2) is 60.8 Å². The van der Waals surface area contributed by atoms with E-state index in [1.165, 1.54) is 6.20 Å². The molecule has 2 aromatic carbocycles. The monoisotopic (exact) mass is 293 g/mol. The number of benzene rings is 2. The summed E-state index contributed by atoms with van der Waals surface area (Å²) in [5.41, 5.74) is 7.00. The third-order valence-corrected chi connectivity index (χ3v) is 3.18. The predicted octanol–water partition coefficient (Wildman–Crippen LogP) is 3.99. The second-order valence-corrected chi connectivity index (χ2v) is 4.82. The van der Waals surface area contributed by atoms with Crippen molar-refractivity contribution in [2.24, 2.45) is 0 Å². The van der Waals surface area contributed by atoms with E-state index in [9.17, 15) is 4.39 Å². The SMILES string of the molecule is Nc1ccc(Oc2cc[c]c(Cc3ccccc3)c2F)cn1. The summed E-state index contributed by atoms with van der Waals surface area (Å²) in [7, 11) is 0. The molecule has 22 heavy (non-hydrogen) atoms. The number of hydrogen-bond donors (Lipinski definition) is 1. The van der Waals surface area contributed by atoms with Gasteiger partial charge in [0.15, 0.2) is 11.6 Å². The fourth-order valence-corrected chi connectivity index (χ4v) is 2.09. The summed E-state index contributed by atoms with van der Waals surface area (Å²) in [4.78, 5) is 3.92. The van der Waals surface area contributed by atoms with Crippen LogP contribution in [0.4, 0.5) is 10.2 Å². The van der Waals surface area contributed by atoms with Crippen LogP contribution in [-0.2, 0) is 6.42 Å². The lowest BCUT2D eigenvalue weighted by atomic mass is 10.0. The zero-order valence-corrected chi connectivity index (χ0v) is 11.8. The smallest absolute Gasteiger partial charge is 0.169 e. The van der Waals surface area contributed by atoms with Crippen molar-refractivity contribution in [1.82, 2.24) is 4.98 Å². The van der Waals surface area contributed by atoms with Gasteiger partial charge in [-0.3, -0.25) is 0 Å². The summed E-state index contributed by atoms with van der Waals surface area (Å²) in [5, 5.41) is 0. The standard InChI is InChI=1S/C18H14FN2O/c19-18-14(11-13-5-2-1-3-6-13)7-4-8-16(18)22-15-9-10-17(20)21-12-15/h1-6,8-10,12H,11H2,(H2,20,21). The summed E-state index contributed by atoms with van der Waals surface area (Å²) in [6.45, 7) is 0. The largest absolute Gasteiger partial charge is 0.453 e. The van der Waals surface area contributed by atoms with E-state index in [-0.39, 0.29) is 5.75 Å². The Kier molecular flexibility index (Phi) is 4.01. The van der Waals surface area contributed by atoms with E-state index < -0.39 is 5.82 Å². The van der Waals surface area contributed by atoms with Crippen LogP contribution >= 0.6 is 0 Å². The Labute approximate surface area is 128 Å². The summed E-state index contributed by atoms with van der Waals surface area (Å²) >= 11 is 0. The zero-order chi connectivity index (χ0) is 15.4. The normalized spacial score (nSPS) is 10.4. The van der Waals surface area contributed by atoms with Crippen LogP contribution in [0.3, 0.4) is 0 Å². The number of anilines is 1. The van der Waals surface area contributed by atoms with Crippen molar-refractivity contribution in [2.45, 2.75) is 6.42 Å². The Bertz CT molecular complexity index is 758.